The largest absolute Gasteiger partial charge is 0.341 e. The summed E-state index contributed by atoms with van der Waals surface area (Å²) in [6.45, 7) is 6.79. The van der Waals surface area contributed by atoms with Gasteiger partial charge in [0, 0.05) is 56.7 Å². The van der Waals surface area contributed by atoms with Crippen LogP contribution < -0.4 is 10.2 Å². The standard InChI is InChI=1S/C16H25N5/c1-2-6-20(5-1)16-18-8-14(9-19-16)12-21-11-13-3-4-15(21)10-17-7-13/h8-9,13,15,17H,1-7,10-12H2/t13-,15+/m0/s1. The van der Waals surface area contributed by atoms with Crippen molar-refractivity contribution in [3.05, 3.63) is 18.0 Å². The normalized spacial score (nSPS) is 29.8. The number of fused-ring (bicyclic) bond motifs is 4. The number of nitrogens with zero attached hydrogens (tertiary/aromatic N) is 4. The Kier molecular flexibility index (Phi) is 3.78. The SMILES string of the molecule is c1nc(N2CCCC2)ncc1CN1C[C@H]2CC[C@@H]1CNC2. The van der Waals surface area contributed by atoms with Gasteiger partial charge in [-0.2, -0.15) is 0 Å². The van der Waals surface area contributed by atoms with E-state index in [1.165, 1.54) is 44.3 Å². The minimum Gasteiger partial charge on any atom is -0.341 e. The van der Waals surface area contributed by atoms with Gasteiger partial charge in [-0.25, -0.2) is 9.97 Å². The number of anilines is 1. The van der Waals surface area contributed by atoms with Gasteiger partial charge in [0.15, 0.2) is 0 Å². The van der Waals surface area contributed by atoms with Crippen LogP contribution in [0.15, 0.2) is 12.4 Å². The molecule has 1 N–H and O–H groups in total. The molecule has 0 saturated carbocycles. The molecule has 1 aromatic rings. The maximum Gasteiger partial charge on any atom is 0.225 e. The minimum absolute atomic E-state index is 0.696. The average Bonchev–Trinajstić information content (AvgIpc) is 2.87. The lowest BCUT2D eigenvalue weighted by Crippen LogP contribution is -2.43. The average molecular weight is 287 g/mol. The van der Waals surface area contributed by atoms with Gasteiger partial charge in [-0.05, 0) is 38.1 Å². The van der Waals surface area contributed by atoms with E-state index in [2.05, 4.69) is 25.1 Å². The molecule has 0 spiro atoms. The highest BCUT2D eigenvalue weighted by Crippen LogP contribution is 2.25. The van der Waals surface area contributed by atoms with Crippen LogP contribution in [0.4, 0.5) is 5.95 Å². The first-order chi connectivity index (χ1) is 10.4. The number of nitrogens with one attached hydrogen (secondary N) is 1. The third kappa shape index (κ3) is 2.90. The molecule has 4 saturated heterocycles. The van der Waals surface area contributed by atoms with Crippen LogP contribution in [0, 0.1) is 5.92 Å². The zero-order chi connectivity index (χ0) is 14.1. The molecule has 4 aliphatic rings. The molecule has 5 rings (SSSR count). The third-order valence-corrected chi connectivity index (χ3v) is 5.20. The lowest BCUT2D eigenvalue weighted by molar-refractivity contribution is 0.126. The predicted molar refractivity (Wildman–Crippen MR) is 83.3 cm³/mol. The van der Waals surface area contributed by atoms with Gasteiger partial charge in [-0.3, -0.25) is 4.90 Å². The molecule has 4 fully saturated rings. The van der Waals surface area contributed by atoms with Crippen LogP contribution in [0.5, 0.6) is 0 Å². The van der Waals surface area contributed by atoms with E-state index in [0.29, 0.717) is 6.04 Å². The summed E-state index contributed by atoms with van der Waals surface area (Å²) in [7, 11) is 0. The van der Waals surface area contributed by atoms with Crippen molar-refractivity contribution in [3.8, 4) is 0 Å². The summed E-state index contributed by atoms with van der Waals surface area (Å²) >= 11 is 0. The van der Waals surface area contributed by atoms with Gasteiger partial charge in [0.2, 0.25) is 5.95 Å². The number of piperidine rings is 1. The fourth-order valence-electron chi connectivity index (χ4n) is 3.97. The highest BCUT2D eigenvalue weighted by atomic mass is 15.3. The highest BCUT2D eigenvalue weighted by Gasteiger charge is 2.31. The van der Waals surface area contributed by atoms with E-state index in [4.69, 9.17) is 0 Å². The first-order valence-corrected chi connectivity index (χ1v) is 8.39. The van der Waals surface area contributed by atoms with Gasteiger partial charge in [0.05, 0.1) is 0 Å². The Balaban J connectivity index is 1.42. The van der Waals surface area contributed by atoms with Gasteiger partial charge in [-0.1, -0.05) is 0 Å². The van der Waals surface area contributed by atoms with E-state index in [9.17, 15) is 0 Å². The van der Waals surface area contributed by atoms with Crippen molar-refractivity contribution in [2.24, 2.45) is 5.92 Å². The van der Waals surface area contributed by atoms with Gasteiger partial charge >= 0.3 is 0 Å². The van der Waals surface area contributed by atoms with Crippen LogP contribution in [0.1, 0.15) is 31.2 Å². The summed E-state index contributed by atoms with van der Waals surface area (Å²) in [5.41, 5.74) is 1.26. The second kappa shape index (κ2) is 5.89. The molecule has 1 aromatic heterocycles. The lowest BCUT2D eigenvalue weighted by Gasteiger charge is -2.36. The summed E-state index contributed by atoms with van der Waals surface area (Å²) in [4.78, 5) is 14.1. The topological polar surface area (TPSA) is 44.3 Å². The molecule has 0 aromatic carbocycles. The number of hydrogen-bond acceptors (Lipinski definition) is 5. The second-order valence-corrected chi connectivity index (χ2v) is 6.77. The molecule has 4 aliphatic heterocycles. The summed E-state index contributed by atoms with van der Waals surface area (Å²) in [5, 5.41) is 3.59. The number of hydrogen-bond donors (Lipinski definition) is 1. The van der Waals surface area contributed by atoms with Crippen molar-refractivity contribution in [2.45, 2.75) is 38.3 Å². The van der Waals surface area contributed by atoms with Gasteiger partial charge in [-0.15, -0.1) is 0 Å². The zero-order valence-corrected chi connectivity index (χ0v) is 12.7. The van der Waals surface area contributed by atoms with Crippen LogP contribution in [0.25, 0.3) is 0 Å². The molecule has 0 radical (unpaired) electrons. The monoisotopic (exact) mass is 287 g/mol. The number of rotatable bonds is 3. The molecule has 2 bridgehead atoms. The molecule has 5 nitrogen and oxygen atoms in total. The molecule has 5 heteroatoms. The Bertz CT molecular complexity index is 464. The van der Waals surface area contributed by atoms with Gasteiger partial charge < -0.3 is 10.2 Å². The minimum atomic E-state index is 0.696. The molecule has 0 aliphatic carbocycles. The maximum atomic E-state index is 4.58. The summed E-state index contributed by atoms with van der Waals surface area (Å²) in [6.07, 6.45) is 9.34. The van der Waals surface area contributed by atoms with E-state index >= 15 is 0 Å². The van der Waals surface area contributed by atoms with E-state index in [1.54, 1.807) is 0 Å². The van der Waals surface area contributed by atoms with Crippen molar-refractivity contribution in [3.63, 3.8) is 0 Å². The van der Waals surface area contributed by atoms with Crippen molar-refractivity contribution < 1.29 is 0 Å². The van der Waals surface area contributed by atoms with Crippen LogP contribution in [-0.2, 0) is 6.54 Å². The van der Waals surface area contributed by atoms with E-state index in [-0.39, 0.29) is 0 Å². The molecule has 114 valence electrons. The molecule has 0 unspecified atom stereocenters. The Hall–Kier alpha value is -1.20. The lowest BCUT2D eigenvalue weighted by atomic mass is 9.95. The summed E-state index contributed by atoms with van der Waals surface area (Å²) in [5.74, 6) is 1.74. The Morgan fingerprint density at radius 2 is 1.90 bits per heavy atom. The molecular formula is C16H25N5. The van der Waals surface area contributed by atoms with Crippen LogP contribution >= 0.6 is 0 Å². The molecular weight excluding hydrogens is 262 g/mol. The van der Waals surface area contributed by atoms with E-state index < -0.39 is 0 Å². The van der Waals surface area contributed by atoms with E-state index in [0.717, 1.165) is 38.0 Å². The van der Waals surface area contributed by atoms with Crippen molar-refractivity contribution in [1.29, 1.82) is 0 Å². The quantitative estimate of drug-likeness (QED) is 0.907. The highest BCUT2D eigenvalue weighted by molar-refractivity contribution is 5.31. The first kappa shape index (κ1) is 13.5. The van der Waals surface area contributed by atoms with Crippen molar-refractivity contribution in [2.75, 3.05) is 37.6 Å². The Labute approximate surface area is 126 Å². The predicted octanol–water partition coefficient (Wildman–Crippen LogP) is 1.26. The molecule has 0 amide bonds. The summed E-state index contributed by atoms with van der Waals surface area (Å²) < 4.78 is 0. The summed E-state index contributed by atoms with van der Waals surface area (Å²) in [6, 6.07) is 0.696. The van der Waals surface area contributed by atoms with Gasteiger partial charge in [0.25, 0.3) is 0 Å². The van der Waals surface area contributed by atoms with Crippen LogP contribution in [-0.4, -0.2) is 53.6 Å². The zero-order valence-electron chi connectivity index (χ0n) is 12.7. The molecule has 5 heterocycles. The third-order valence-electron chi connectivity index (χ3n) is 5.20. The first-order valence-electron chi connectivity index (χ1n) is 8.39. The van der Waals surface area contributed by atoms with Crippen molar-refractivity contribution >= 4 is 5.95 Å². The van der Waals surface area contributed by atoms with Crippen molar-refractivity contribution in [1.82, 2.24) is 20.2 Å². The maximum absolute atomic E-state index is 4.58. The fourth-order valence-corrected chi connectivity index (χ4v) is 3.97. The second-order valence-electron chi connectivity index (χ2n) is 6.77. The van der Waals surface area contributed by atoms with Crippen LogP contribution in [0.2, 0.25) is 0 Å². The van der Waals surface area contributed by atoms with E-state index in [1.807, 2.05) is 12.4 Å². The Morgan fingerprint density at radius 1 is 1.10 bits per heavy atom. The Morgan fingerprint density at radius 3 is 2.71 bits per heavy atom. The van der Waals surface area contributed by atoms with Gasteiger partial charge in [0.1, 0.15) is 0 Å². The molecule has 2 atom stereocenters. The smallest absolute Gasteiger partial charge is 0.225 e. The molecule has 21 heavy (non-hydrogen) atoms. The number of aromatic nitrogens is 2. The van der Waals surface area contributed by atoms with Crippen LogP contribution in [0.3, 0.4) is 0 Å². The fraction of sp³-hybridized carbons (Fsp3) is 0.750.